The summed E-state index contributed by atoms with van der Waals surface area (Å²) in [6, 6.07) is 4.48. The Morgan fingerprint density at radius 1 is 1.33 bits per heavy atom. The summed E-state index contributed by atoms with van der Waals surface area (Å²) in [6.07, 6.45) is 7.87. The third kappa shape index (κ3) is 3.49. The molecule has 1 saturated heterocycles. The van der Waals surface area contributed by atoms with Crippen LogP contribution in [0.15, 0.2) is 18.3 Å². The van der Waals surface area contributed by atoms with Crippen molar-refractivity contribution >= 4 is 5.91 Å². The first-order valence-corrected chi connectivity index (χ1v) is 8.46. The molecule has 1 amide bonds. The molecule has 1 N–H and O–H groups in total. The van der Waals surface area contributed by atoms with Crippen molar-refractivity contribution in [2.75, 3.05) is 19.6 Å². The van der Waals surface area contributed by atoms with Gasteiger partial charge in [0.25, 0.3) is 5.91 Å². The molecular formula is C17H27N3O. The lowest BCUT2D eigenvalue weighted by Gasteiger charge is -2.30. The van der Waals surface area contributed by atoms with Gasteiger partial charge in [-0.25, -0.2) is 0 Å². The van der Waals surface area contributed by atoms with Gasteiger partial charge in [-0.3, -0.25) is 4.79 Å². The number of hydrogen-bond donors (Lipinski definition) is 1. The van der Waals surface area contributed by atoms with Crippen molar-refractivity contribution in [1.29, 1.82) is 0 Å². The van der Waals surface area contributed by atoms with Crippen LogP contribution in [0.3, 0.4) is 0 Å². The van der Waals surface area contributed by atoms with Crippen molar-refractivity contribution in [1.82, 2.24) is 14.8 Å². The van der Waals surface area contributed by atoms with Gasteiger partial charge in [0.1, 0.15) is 5.69 Å². The van der Waals surface area contributed by atoms with E-state index < -0.39 is 0 Å². The van der Waals surface area contributed by atoms with E-state index >= 15 is 0 Å². The van der Waals surface area contributed by atoms with Crippen LogP contribution in [-0.4, -0.2) is 41.1 Å². The van der Waals surface area contributed by atoms with Crippen LogP contribution in [0.1, 0.15) is 49.5 Å². The molecule has 0 bridgehead atoms. The minimum absolute atomic E-state index is 0.245. The first kappa shape index (κ1) is 14.6. The number of aryl methyl sites for hydroxylation is 1. The number of piperidine rings is 1. The van der Waals surface area contributed by atoms with Crippen LogP contribution >= 0.6 is 0 Å². The molecule has 2 fully saturated rings. The van der Waals surface area contributed by atoms with Crippen molar-refractivity contribution in [2.24, 2.45) is 5.92 Å². The van der Waals surface area contributed by atoms with E-state index in [-0.39, 0.29) is 5.91 Å². The predicted octanol–water partition coefficient (Wildman–Crippen LogP) is 2.50. The summed E-state index contributed by atoms with van der Waals surface area (Å²) < 4.78 is 2.11. The van der Waals surface area contributed by atoms with E-state index in [1.807, 2.05) is 18.3 Å². The zero-order valence-corrected chi connectivity index (χ0v) is 13.1. The molecule has 0 unspecified atom stereocenters. The molecular weight excluding hydrogens is 262 g/mol. The van der Waals surface area contributed by atoms with E-state index in [1.54, 1.807) is 0 Å². The summed E-state index contributed by atoms with van der Waals surface area (Å²) in [6.45, 7) is 6.23. The Labute approximate surface area is 127 Å². The highest BCUT2D eigenvalue weighted by Gasteiger charge is 2.35. The maximum absolute atomic E-state index is 12.9. The third-order valence-corrected chi connectivity index (χ3v) is 4.68. The number of hydrogen-bond acceptors (Lipinski definition) is 2. The highest BCUT2D eigenvalue weighted by Crippen LogP contribution is 2.30. The quantitative estimate of drug-likeness (QED) is 0.873. The Bertz CT molecular complexity index is 472. The lowest BCUT2D eigenvalue weighted by atomic mass is 9.97. The highest BCUT2D eigenvalue weighted by molar-refractivity contribution is 5.93. The Balaban J connectivity index is 1.70. The maximum Gasteiger partial charge on any atom is 0.270 e. The number of nitrogens with zero attached hydrogens (tertiary/aromatic N) is 2. The molecule has 4 nitrogen and oxygen atoms in total. The second-order valence-corrected chi connectivity index (χ2v) is 6.47. The number of rotatable bonds is 6. The van der Waals surface area contributed by atoms with Gasteiger partial charge in [0.2, 0.25) is 0 Å². The third-order valence-electron chi connectivity index (χ3n) is 4.68. The van der Waals surface area contributed by atoms with E-state index in [0.717, 1.165) is 38.3 Å². The van der Waals surface area contributed by atoms with Gasteiger partial charge in [0, 0.05) is 25.3 Å². The van der Waals surface area contributed by atoms with Gasteiger partial charge in [-0.2, -0.15) is 0 Å². The highest BCUT2D eigenvalue weighted by atomic mass is 16.2. The SMILES string of the molecule is CCCn1cccc1C(=O)N(CC1CCNCC1)C1CC1. The van der Waals surface area contributed by atoms with Crippen LogP contribution in [-0.2, 0) is 6.54 Å². The largest absolute Gasteiger partial charge is 0.344 e. The lowest BCUT2D eigenvalue weighted by molar-refractivity contribution is 0.0690. The van der Waals surface area contributed by atoms with Gasteiger partial charge in [-0.1, -0.05) is 6.92 Å². The maximum atomic E-state index is 12.9. The van der Waals surface area contributed by atoms with E-state index in [1.165, 1.54) is 25.7 Å². The number of nitrogens with one attached hydrogen (secondary N) is 1. The normalized spacial score (nSPS) is 19.7. The topological polar surface area (TPSA) is 37.3 Å². The van der Waals surface area contributed by atoms with Gasteiger partial charge >= 0.3 is 0 Å². The van der Waals surface area contributed by atoms with Crippen LogP contribution in [0, 0.1) is 5.92 Å². The Hall–Kier alpha value is -1.29. The zero-order valence-electron chi connectivity index (χ0n) is 13.1. The minimum Gasteiger partial charge on any atom is -0.344 e. The molecule has 21 heavy (non-hydrogen) atoms. The van der Waals surface area contributed by atoms with E-state index in [0.29, 0.717) is 12.0 Å². The van der Waals surface area contributed by atoms with Crippen LogP contribution in [0.4, 0.5) is 0 Å². The number of carbonyl (C=O) groups is 1. The molecule has 3 rings (SSSR count). The van der Waals surface area contributed by atoms with Crippen molar-refractivity contribution in [3.63, 3.8) is 0 Å². The second kappa shape index (κ2) is 6.65. The molecule has 0 aromatic carbocycles. The van der Waals surface area contributed by atoms with Crippen LogP contribution in [0.5, 0.6) is 0 Å². The summed E-state index contributed by atoms with van der Waals surface area (Å²) in [4.78, 5) is 15.1. The van der Waals surface area contributed by atoms with Gasteiger partial charge in [0.05, 0.1) is 0 Å². The van der Waals surface area contributed by atoms with E-state index in [9.17, 15) is 4.79 Å². The Morgan fingerprint density at radius 3 is 2.76 bits per heavy atom. The Morgan fingerprint density at radius 2 is 2.10 bits per heavy atom. The van der Waals surface area contributed by atoms with Gasteiger partial charge in [-0.05, 0) is 63.2 Å². The summed E-state index contributed by atoms with van der Waals surface area (Å²) in [7, 11) is 0. The van der Waals surface area contributed by atoms with Gasteiger partial charge in [0.15, 0.2) is 0 Å². The van der Waals surface area contributed by atoms with Gasteiger partial charge in [-0.15, -0.1) is 0 Å². The van der Waals surface area contributed by atoms with Gasteiger partial charge < -0.3 is 14.8 Å². The molecule has 1 aliphatic carbocycles. The molecule has 0 spiro atoms. The molecule has 1 aliphatic heterocycles. The molecule has 1 saturated carbocycles. The zero-order chi connectivity index (χ0) is 14.7. The molecule has 2 aliphatic rings. The van der Waals surface area contributed by atoms with Crippen molar-refractivity contribution in [3.8, 4) is 0 Å². The fourth-order valence-corrected chi connectivity index (χ4v) is 3.32. The van der Waals surface area contributed by atoms with E-state index in [2.05, 4.69) is 21.7 Å². The van der Waals surface area contributed by atoms with E-state index in [4.69, 9.17) is 0 Å². The predicted molar refractivity (Wildman–Crippen MR) is 84.4 cm³/mol. The van der Waals surface area contributed by atoms with Crippen LogP contribution in [0.2, 0.25) is 0 Å². The molecule has 1 aromatic heterocycles. The average Bonchev–Trinajstić information content (AvgIpc) is 3.25. The average molecular weight is 289 g/mol. The summed E-state index contributed by atoms with van der Waals surface area (Å²) in [5, 5.41) is 3.41. The summed E-state index contributed by atoms with van der Waals surface area (Å²) in [5.41, 5.74) is 0.873. The first-order valence-electron chi connectivity index (χ1n) is 8.46. The first-order chi connectivity index (χ1) is 10.3. The summed E-state index contributed by atoms with van der Waals surface area (Å²) >= 11 is 0. The molecule has 1 aromatic rings. The van der Waals surface area contributed by atoms with Crippen LogP contribution < -0.4 is 5.32 Å². The molecule has 2 heterocycles. The minimum atomic E-state index is 0.245. The summed E-state index contributed by atoms with van der Waals surface area (Å²) in [5.74, 6) is 0.917. The molecule has 0 atom stereocenters. The molecule has 116 valence electrons. The van der Waals surface area contributed by atoms with Crippen molar-refractivity contribution < 1.29 is 4.79 Å². The standard InChI is InChI=1S/C17H27N3O/c1-2-11-19-12-3-4-16(19)17(21)20(15-5-6-15)13-14-7-9-18-10-8-14/h3-4,12,14-15,18H,2,5-11,13H2,1H3. The molecule has 0 radical (unpaired) electrons. The fourth-order valence-electron chi connectivity index (χ4n) is 3.32. The molecule has 4 heteroatoms. The van der Waals surface area contributed by atoms with Crippen molar-refractivity contribution in [2.45, 2.75) is 51.6 Å². The smallest absolute Gasteiger partial charge is 0.270 e. The Kier molecular flexibility index (Phi) is 4.63. The number of aromatic nitrogens is 1. The lowest BCUT2D eigenvalue weighted by Crippen LogP contribution is -2.41. The van der Waals surface area contributed by atoms with Crippen LogP contribution in [0.25, 0.3) is 0 Å². The fraction of sp³-hybridized carbons (Fsp3) is 0.706. The number of amides is 1. The number of carbonyl (C=O) groups excluding carboxylic acids is 1. The monoisotopic (exact) mass is 289 g/mol. The second-order valence-electron chi connectivity index (χ2n) is 6.47. The van der Waals surface area contributed by atoms with Crippen molar-refractivity contribution in [3.05, 3.63) is 24.0 Å².